The molecule has 2 heterocycles. The van der Waals surface area contributed by atoms with Gasteiger partial charge in [-0.05, 0) is 56.8 Å². The van der Waals surface area contributed by atoms with Crippen LogP contribution >= 0.6 is 34.8 Å². The van der Waals surface area contributed by atoms with E-state index in [-0.39, 0.29) is 5.28 Å². The SMILES string of the molecule is Cc1cc(Cl)nc(Cl)n1.Cc1cc(Cl)nc(OC2CCC2)n1. The molecule has 118 valence electrons. The van der Waals surface area contributed by atoms with Crippen LogP contribution in [0.5, 0.6) is 6.01 Å². The lowest BCUT2D eigenvalue weighted by molar-refractivity contribution is 0.108. The molecular weight excluding hydrogens is 347 g/mol. The van der Waals surface area contributed by atoms with Crippen LogP contribution in [0.4, 0.5) is 0 Å². The van der Waals surface area contributed by atoms with Gasteiger partial charge in [0.05, 0.1) is 0 Å². The van der Waals surface area contributed by atoms with E-state index < -0.39 is 0 Å². The molecule has 8 heteroatoms. The molecule has 0 unspecified atom stereocenters. The minimum absolute atomic E-state index is 0.194. The summed E-state index contributed by atoms with van der Waals surface area (Å²) in [4.78, 5) is 15.6. The lowest BCUT2D eigenvalue weighted by atomic mass is 9.96. The molecule has 1 saturated carbocycles. The van der Waals surface area contributed by atoms with Crippen LogP contribution in [-0.2, 0) is 0 Å². The third-order valence-corrected chi connectivity index (χ3v) is 3.48. The number of hydrogen-bond acceptors (Lipinski definition) is 5. The number of aryl methyl sites for hydroxylation is 2. The number of hydrogen-bond donors (Lipinski definition) is 0. The largest absolute Gasteiger partial charge is 0.460 e. The highest BCUT2D eigenvalue weighted by Crippen LogP contribution is 2.23. The second-order valence-electron chi connectivity index (χ2n) is 4.89. The fraction of sp³-hybridized carbons (Fsp3) is 0.429. The maximum atomic E-state index is 5.76. The van der Waals surface area contributed by atoms with E-state index in [1.54, 1.807) is 19.1 Å². The molecule has 3 rings (SSSR count). The number of halogens is 3. The van der Waals surface area contributed by atoms with Crippen molar-refractivity contribution in [3.05, 3.63) is 39.1 Å². The highest BCUT2D eigenvalue weighted by Gasteiger charge is 2.20. The quantitative estimate of drug-likeness (QED) is 0.583. The first kappa shape index (κ1) is 17.2. The van der Waals surface area contributed by atoms with Gasteiger partial charge in [0.2, 0.25) is 5.28 Å². The molecule has 0 amide bonds. The fourth-order valence-electron chi connectivity index (χ4n) is 1.69. The van der Waals surface area contributed by atoms with Crippen LogP contribution in [0.1, 0.15) is 30.7 Å². The minimum atomic E-state index is 0.194. The van der Waals surface area contributed by atoms with E-state index in [1.165, 1.54) is 6.42 Å². The Bertz CT molecular complexity index is 579. The van der Waals surface area contributed by atoms with Crippen LogP contribution in [0, 0.1) is 13.8 Å². The number of ether oxygens (including phenoxy) is 1. The van der Waals surface area contributed by atoms with E-state index in [4.69, 9.17) is 39.5 Å². The van der Waals surface area contributed by atoms with Gasteiger partial charge >= 0.3 is 6.01 Å². The normalized spacial score (nSPS) is 13.9. The molecule has 2 aromatic rings. The molecule has 0 radical (unpaired) electrons. The number of nitrogens with zero attached hydrogens (tertiary/aromatic N) is 4. The average molecular weight is 362 g/mol. The van der Waals surface area contributed by atoms with E-state index in [9.17, 15) is 0 Å². The topological polar surface area (TPSA) is 60.8 Å². The van der Waals surface area contributed by atoms with Gasteiger partial charge in [0.25, 0.3) is 0 Å². The van der Waals surface area contributed by atoms with Crippen molar-refractivity contribution in [1.29, 1.82) is 0 Å². The molecule has 0 atom stereocenters. The predicted molar refractivity (Wildman–Crippen MR) is 86.8 cm³/mol. The minimum Gasteiger partial charge on any atom is -0.460 e. The summed E-state index contributed by atoms with van der Waals surface area (Å²) >= 11 is 16.7. The van der Waals surface area contributed by atoms with E-state index in [1.807, 2.05) is 6.92 Å². The van der Waals surface area contributed by atoms with Crippen LogP contribution in [0.3, 0.4) is 0 Å². The zero-order valence-electron chi connectivity index (χ0n) is 12.2. The maximum Gasteiger partial charge on any atom is 0.318 e. The summed E-state index contributed by atoms with van der Waals surface area (Å²) in [5.41, 5.74) is 1.62. The van der Waals surface area contributed by atoms with Crippen LogP contribution in [0.25, 0.3) is 0 Å². The van der Waals surface area contributed by atoms with Crippen molar-refractivity contribution in [3.63, 3.8) is 0 Å². The second-order valence-corrected chi connectivity index (χ2v) is 6.00. The molecule has 0 aliphatic heterocycles. The van der Waals surface area contributed by atoms with Crippen LogP contribution in [0.15, 0.2) is 12.1 Å². The lowest BCUT2D eigenvalue weighted by Crippen LogP contribution is -2.25. The van der Waals surface area contributed by atoms with E-state index in [0.29, 0.717) is 22.4 Å². The summed E-state index contributed by atoms with van der Waals surface area (Å²) in [7, 11) is 0. The van der Waals surface area contributed by atoms with E-state index >= 15 is 0 Å². The first-order chi connectivity index (χ1) is 10.4. The van der Waals surface area contributed by atoms with Crippen LogP contribution in [0.2, 0.25) is 15.6 Å². The van der Waals surface area contributed by atoms with Gasteiger partial charge < -0.3 is 4.74 Å². The Kier molecular flexibility index (Phi) is 6.17. The van der Waals surface area contributed by atoms with Crippen molar-refractivity contribution in [2.24, 2.45) is 0 Å². The third-order valence-electron chi connectivity index (χ3n) is 2.92. The summed E-state index contributed by atoms with van der Waals surface area (Å²) in [5, 5.41) is 1.02. The Hall–Kier alpha value is -1.17. The third kappa shape index (κ3) is 5.55. The standard InChI is InChI=1S/C9H11ClN2O.C5H4Cl2N2/c1-6-5-8(10)12-9(11-6)13-7-3-2-4-7;1-3-2-4(6)9-5(7)8-3/h5,7H,2-4H2,1H3;2H,1H3. The van der Waals surface area contributed by atoms with Gasteiger partial charge in [-0.1, -0.05) is 23.2 Å². The Morgan fingerprint density at radius 3 is 1.95 bits per heavy atom. The monoisotopic (exact) mass is 360 g/mol. The van der Waals surface area contributed by atoms with Gasteiger partial charge in [-0.3, -0.25) is 0 Å². The van der Waals surface area contributed by atoms with Gasteiger partial charge in [-0.2, -0.15) is 4.98 Å². The van der Waals surface area contributed by atoms with Crippen molar-refractivity contribution in [3.8, 4) is 6.01 Å². The Labute approximate surface area is 144 Å². The molecule has 2 aromatic heterocycles. The van der Waals surface area contributed by atoms with Crippen molar-refractivity contribution in [2.45, 2.75) is 39.2 Å². The van der Waals surface area contributed by atoms with Crippen LogP contribution < -0.4 is 4.74 Å². The first-order valence-corrected chi connectivity index (χ1v) is 7.90. The summed E-state index contributed by atoms with van der Waals surface area (Å²) in [6.07, 6.45) is 3.76. The fourth-order valence-corrected chi connectivity index (χ4v) is 2.43. The van der Waals surface area contributed by atoms with Gasteiger partial charge in [-0.25, -0.2) is 15.0 Å². The molecule has 22 heavy (non-hydrogen) atoms. The second kappa shape index (κ2) is 7.90. The Balaban J connectivity index is 0.000000172. The molecule has 0 bridgehead atoms. The summed E-state index contributed by atoms with van der Waals surface area (Å²) in [5.74, 6) is 0. The Morgan fingerprint density at radius 1 is 0.909 bits per heavy atom. The van der Waals surface area contributed by atoms with Crippen molar-refractivity contribution < 1.29 is 4.74 Å². The lowest BCUT2D eigenvalue weighted by Gasteiger charge is -2.25. The number of aromatic nitrogens is 4. The van der Waals surface area contributed by atoms with Crippen molar-refractivity contribution >= 4 is 34.8 Å². The molecule has 1 aliphatic rings. The average Bonchev–Trinajstić information content (AvgIpc) is 2.31. The molecular formula is C14H15Cl3N4O. The zero-order valence-corrected chi connectivity index (χ0v) is 14.5. The van der Waals surface area contributed by atoms with Crippen molar-refractivity contribution in [1.82, 2.24) is 19.9 Å². The molecule has 0 saturated heterocycles. The molecule has 5 nitrogen and oxygen atoms in total. The van der Waals surface area contributed by atoms with Gasteiger partial charge in [0.1, 0.15) is 16.4 Å². The molecule has 1 fully saturated rings. The maximum absolute atomic E-state index is 5.76. The highest BCUT2D eigenvalue weighted by molar-refractivity contribution is 6.31. The van der Waals surface area contributed by atoms with E-state index in [0.717, 1.165) is 24.2 Å². The Morgan fingerprint density at radius 2 is 1.50 bits per heavy atom. The highest BCUT2D eigenvalue weighted by atomic mass is 35.5. The predicted octanol–water partition coefficient (Wildman–Crippen LogP) is 4.46. The molecule has 1 aliphatic carbocycles. The van der Waals surface area contributed by atoms with E-state index in [2.05, 4.69) is 19.9 Å². The molecule has 0 spiro atoms. The van der Waals surface area contributed by atoms with Crippen LogP contribution in [-0.4, -0.2) is 26.0 Å². The summed E-state index contributed by atoms with van der Waals surface area (Å²) in [6.45, 7) is 3.68. The molecule has 0 N–H and O–H groups in total. The van der Waals surface area contributed by atoms with Gasteiger partial charge in [-0.15, -0.1) is 0 Å². The zero-order chi connectivity index (χ0) is 16.1. The first-order valence-electron chi connectivity index (χ1n) is 6.77. The summed E-state index contributed by atoms with van der Waals surface area (Å²) in [6, 6.07) is 3.78. The molecule has 0 aromatic carbocycles. The van der Waals surface area contributed by atoms with Gasteiger partial charge in [0.15, 0.2) is 0 Å². The smallest absolute Gasteiger partial charge is 0.318 e. The van der Waals surface area contributed by atoms with Crippen molar-refractivity contribution in [2.75, 3.05) is 0 Å². The number of rotatable bonds is 2. The van der Waals surface area contributed by atoms with Gasteiger partial charge in [0, 0.05) is 11.4 Å². The summed E-state index contributed by atoms with van der Waals surface area (Å²) < 4.78 is 5.51.